The van der Waals surface area contributed by atoms with Crippen molar-refractivity contribution < 1.29 is 0 Å². The summed E-state index contributed by atoms with van der Waals surface area (Å²) in [6.07, 6.45) is 1.82. The highest BCUT2D eigenvalue weighted by Gasteiger charge is 2.18. The second-order valence-corrected chi connectivity index (χ2v) is 4.80. The van der Waals surface area contributed by atoms with Crippen LogP contribution in [-0.4, -0.2) is 18.1 Å². The Labute approximate surface area is 98.7 Å². The van der Waals surface area contributed by atoms with Gasteiger partial charge < -0.3 is 10.6 Å². The van der Waals surface area contributed by atoms with Gasteiger partial charge in [-0.05, 0) is 25.8 Å². The third kappa shape index (κ3) is 2.73. The van der Waals surface area contributed by atoms with Crippen LogP contribution in [0.3, 0.4) is 0 Å². The summed E-state index contributed by atoms with van der Waals surface area (Å²) in [6.45, 7) is 8.64. The van der Waals surface area contributed by atoms with Crippen molar-refractivity contribution in [3.05, 3.63) is 23.9 Å². The maximum Gasteiger partial charge on any atom is 0.133 e. The van der Waals surface area contributed by atoms with E-state index < -0.39 is 0 Å². The van der Waals surface area contributed by atoms with Gasteiger partial charge in [-0.3, -0.25) is 0 Å². The molecule has 0 saturated heterocycles. The predicted octanol–water partition coefficient (Wildman–Crippen LogP) is 2.58. The summed E-state index contributed by atoms with van der Waals surface area (Å²) >= 11 is 0. The number of aromatic nitrogens is 1. The van der Waals surface area contributed by atoms with E-state index in [1.54, 1.807) is 0 Å². The van der Waals surface area contributed by atoms with Gasteiger partial charge in [-0.1, -0.05) is 19.9 Å². The standard InChI is InChI=1S/C13H23N3/c1-9(2)11(4)16(5)13-12(10(3)14)7-6-8-15-13/h6-11H,14H2,1-5H3/t10-,11?/m0/s1. The smallest absolute Gasteiger partial charge is 0.133 e. The van der Waals surface area contributed by atoms with E-state index in [4.69, 9.17) is 5.73 Å². The number of nitrogens with zero attached hydrogens (tertiary/aromatic N) is 2. The molecule has 1 heterocycles. The summed E-state index contributed by atoms with van der Waals surface area (Å²) in [5.74, 6) is 1.59. The topological polar surface area (TPSA) is 42.2 Å². The van der Waals surface area contributed by atoms with Gasteiger partial charge in [0.25, 0.3) is 0 Å². The quantitative estimate of drug-likeness (QED) is 0.849. The second-order valence-electron chi connectivity index (χ2n) is 4.80. The molecule has 1 rings (SSSR count). The van der Waals surface area contributed by atoms with Crippen molar-refractivity contribution in [1.82, 2.24) is 4.98 Å². The summed E-state index contributed by atoms with van der Waals surface area (Å²) in [5.41, 5.74) is 7.07. The van der Waals surface area contributed by atoms with Crippen LogP contribution >= 0.6 is 0 Å². The molecule has 2 atom stereocenters. The SMILES string of the molecule is CC(C)C(C)N(C)c1ncccc1[C@H](C)N. The Bertz CT molecular complexity index is 334. The van der Waals surface area contributed by atoms with Crippen LogP contribution in [0.2, 0.25) is 0 Å². The van der Waals surface area contributed by atoms with E-state index in [1.807, 2.05) is 19.2 Å². The fourth-order valence-electron chi connectivity index (χ4n) is 1.70. The molecule has 0 bridgehead atoms. The Morgan fingerprint density at radius 1 is 1.25 bits per heavy atom. The molecule has 0 aromatic carbocycles. The van der Waals surface area contributed by atoms with E-state index in [2.05, 4.69) is 43.8 Å². The molecule has 1 unspecified atom stereocenters. The van der Waals surface area contributed by atoms with E-state index in [9.17, 15) is 0 Å². The fourth-order valence-corrected chi connectivity index (χ4v) is 1.70. The highest BCUT2D eigenvalue weighted by Crippen LogP contribution is 2.24. The van der Waals surface area contributed by atoms with Crippen LogP contribution < -0.4 is 10.6 Å². The average Bonchev–Trinajstić information content (AvgIpc) is 2.26. The molecule has 0 saturated carbocycles. The maximum atomic E-state index is 5.96. The minimum absolute atomic E-state index is 0.0190. The normalized spacial score (nSPS) is 14.9. The lowest BCUT2D eigenvalue weighted by Gasteiger charge is -2.31. The Kier molecular flexibility index (Phi) is 4.30. The molecule has 0 spiro atoms. The van der Waals surface area contributed by atoms with E-state index in [0.29, 0.717) is 12.0 Å². The van der Waals surface area contributed by atoms with Crippen molar-refractivity contribution in [2.45, 2.75) is 39.8 Å². The molecule has 0 amide bonds. The molecular formula is C13H23N3. The zero-order valence-corrected chi connectivity index (χ0v) is 10.9. The summed E-state index contributed by atoms with van der Waals surface area (Å²) in [5, 5.41) is 0. The molecule has 0 radical (unpaired) electrons. The van der Waals surface area contributed by atoms with Crippen LogP contribution in [0.5, 0.6) is 0 Å². The first kappa shape index (κ1) is 13.0. The molecule has 1 aromatic heterocycles. The van der Waals surface area contributed by atoms with Crippen molar-refractivity contribution in [2.75, 3.05) is 11.9 Å². The van der Waals surface area contributed by atoms with Crippen LogP contribution in [-0.2, 0) is 0 Å². The first-order valence-corrected chi connectivity index (χ1v) is 5.88. The highest BCUT2D eigenvalue weighted by molar-refractivity contribution is 5.48. The van der Waals surface area contributed by atoms with Crippen LogP contribution in [0.25, 0.3) is 0 Å². The highest BCUT2D eigenvalue weighted by atomic mass is 15.2. The largest absolute Gasteiger partial charge is 0.356 e. The number of rotatable bonds is 4. The van der Waals surface area contributed by atoms with Gasteiger partial charge in [0.05, 0.1) is 0 Å². The molecule has 0 aliphatic rings. The van der Waals surface area contributed by atoms with Crippen LogP contribution in [0.1, 0.15) is 39.3 Å². The summed E-state index contributed by atoms with van der Waals surface area (Å²) in [6, 6.07) is 4.46. The van der Waals surface area contributed by atoms with Gasteiger partial charge in [0.15, 0.2) is 0 Å². The van der Waals surface area contributed by atoms with Crippen LogP contribution in [0.4, 0.5) is 5.82 Å². The molecule has 2 N–H and O–H groups in total. The van der Waals surface area contributed by atoms with E-state index >= 15 is 0 Å². The van der Waals surface area contributed by atoms with Crippen molar-refractivity contribution >= 4 is 5.82 Å². The van der Waals surface area contributed by atoms with Gasteiger partial charge in [0.2, 0.25) is 0 Å². The second kappa shape index (κ2) is 5.30. The molecule has 3 heteroatoms. The summed E-state index contributed by atoms with van der Waals surface area (Å²) in [7, 11) is 2.08. The maximum absolute atomic E-state index is 5.96. The Morgan fingerprint density at radius 3 is 2.38 bits per heavy atom. The summed E-state index contributed by atoms with van der Waals surface area (Å²) in [4.78, 5) is 6.66. The molecule has 0 aliphatic heterocycles. The monoisotopic (exact) mass is 221 g/mol. The van der Waals surface area contributed by atoms with Gasteiger partial charge in [-0.2, -0.15) is 0 Å². The van der Waals surface area contributed by atoms with Crippen molar-refractivity contribution in [1.29, 1.82) is 0 Å². The van der Waals surface area contributed by atoms with Crippen molar-refractivity contribution in [3.8, 4) is 0 Å². The van der Waals surface area contributed by atoms with Gasteiger partial charge in [0, 0.05) is 30.9 Å². The van der Waals surface area contributed by atoms with E-state index in [0.717, 1.165) is 11.4 Å². The zero-order valence-electron chi connectivity index (χ0n) is 10.9. The number of pyridine rings is 1. The summed E-state index contributed by atoms with van der Waals surface area (Å²) < 4.78 is 0. The lowest BCUT2D eigenvalue weighted by molar-refractivity contribution is 0.501. The lowest BCUT2D eigenvalue weighted by atomic mass is 10.0. The first-order valence-electron chi connectivity index (χ1n) is 5.88. The van der Waals surface area contributed by atoms with Crippen molar-refractivity contribution in [2.24, 2.45) is 11.7 Å². The van der Waals surface area contributed by atoms with E-state index in [1.165, 1.54) is 0 Å². The van der Waals surface area contributed by atoms with Crippen molar-refractivity contribution in [3.63, 3.8) is 0 Å². The van der Waals surface area contributed by atoms with E-state index in [-0.39, 0.29) is 6.04 Å². The van der Waals surface area contributed by atoms with Crippen LogP contribution in [0, 0.1) is 5.92 Å². The minimum atomic E-state index is 0.0190. The predicted molar refractivity (Wildman–Crippen MR) is 69.5 cm³/mol. The number of nitrogens with two attached hydrogens (primary N) is 1. The Hall–Kier alpha value is -1.09. The van der Waals surface area contributed by atoms with Gasteiger partial charge >= 0.3 is 0 Å². The number of hydrogen-bond donors (Lipinski definition) is 1. The molecule has 3 nitrogen and oxygen atoms in total. The lowest BCUT2D eigenvalue weighted by Crippen LogP contribution is -2.35. The van der Waals surface area contributed by atoms with Gasteiger partial charge in [-0.15, -0.1) is 0 Å². The fraction of sp³-hybridized carbons (Fsp3) is 0.615. The molecule has 0 aliphatic carbocycles. The number of anilines is 1. The number of hydrogen-bond acceptors (Lipinski definition) is 3. The Balaban J connectivity index is 3.03. The van der Waals surface area contributed by atoms with Crippen LogP contribution in [0.15, 0.2) is 18.3 Å². The molecule has 1 aromatic rings. The average molecular weight is 221 g/mol. The third-order valence-corrected chi connectivity index (χ3v) is 3.22. The third-order valence-electron chi connectivity index (χ3n) is 3.22. The van der Waals surface area contributed by atoms with Gasteiger partial charge in [0.1, 0.15) is 5.82 Å². The molecule has 90 valence electrons. The zero-order chi connectivity index (χ0) is 12.3. The molecule has 16 heavy (non-hydrogen) atoms. The minimum Gasteiger partial charge on any atom is -0.356 e. The van der Waals surface area contributed by atoms with Gasteiger partial charge in [-0.25, -0.2) is 4.98 Å². The first-order chi connectivity index (χ1) is 7.45. The molecular weight excluding hydrogens is 198 g/mol. The molecule has 0 fully saturated rings. The Morgan fingerprint density at radius 2 is 1.88 bits per heavy atom.